The van der Waals surface area contributed by atoms with Crippen molar-refractivity contribution < 1.29 is 22.7 Å². The molecule has 0 N–H and O–H groups in total. The molecule has 3 nitrogen and oxygen atoms in total. The van der Waals surface area contributed by atoms with E-state index >= 15 is 0 Å². The lowest BCUT2D eigenvalue weighted by molar-refractivity contribution is -0.137. The van der Waals surface area contributed by atoms with Gasteiger partial charge in [0.1, 0.15) is 5.75 Å². The van der Waals surface area contributed by atoms with E-state index in [1.807, 2.05) is 0 Å². The van der Waals surface area contributed by atoms with Gasteiger partial charge in [-0.3, -0.25) is 4.79 Å². The van der Waals surface area contributed by atoms with E-state index in [4.69, 9.17) is 16.3 Å². The maximum Gasteiger partial charge on any atom is 0.416 e. The van der Waals surface area contributed by atoms with Gasteiger partial charge in [0.25, 0.3) is 0 Å². The summed E-state index contributed by atoms with van der Waals surface area (Å²) >= 11 is 5.94. The summed E-state index contributed by atoms with van der Waals surface area (Å²) in [4.78, 5) is 13.8. The first-order valence-electron chi connectivity index (χ1n) is 7.43. The summed E-state index contributed by atoms with van der Waals surface area (Å²) < 4.78 is 43.5. The van der Waals surface area contributed by atoms with Crippen molar-refractivity contribution in [3.63, 3.8) is 0 Å². The van der Waals surface area contributed by atoms with Gasteiger partial charge in [0, 0.05) is 24.2 Å². The molecular weight excluding hydrogens is 355 g/mol. The molecule has 0 radical (unpaired) electrons. The molecule has 0 fully saturated rings. The maximum absolute atomic E-state index is 12.8. The number of halogens is 4. The third kappa shape index (κ3) is 5.13. The molecular formula is C18H17ClF3NO2. The Morgan fingerprint density at radius 2 is 1.92 bits per heavy atom. The van der Waals surface area contributed by atoms with Gasteiger partial charge in [-0.25, -0.2) is 0 Å². The zero-order valence-corrected chi connectivity index (χ0v) is 14.5. The Balaban J connectivity index is 2.10. The van der Waals surface area contributed by atoms with Crippen LogP contribution in [0.1, 0.15) is 16.7 Å². The second kappa shape index (κ2) is 7.78. The van der Waals surface area contributed by atoms with Crippen LogP contribution in [0, 0.1) is 0 Å². The molecule has 7 heteroatoms. The van der Waals surface area contributed by atoms with E-state index in [-0.39, 0.29) is 18.9 Å². The van der Waals surface area contributed by atoms with Gasteiger partial charge < -0.3 is 9.64 Å². The van der Waals surface area contributed by atoms with Crippen molar-refractivity contribution in [2.24, 2.45) is 0 Å². The van der Waals surface area contributed by atoms with Crippen LogP contribution in [0.5, 0.6) is 5.75 Å². The lowest BCUT2D eigenvalue weighted by atomic mass is 10.1. The zero-order valence-electron chi connectivity index (χ0n) is 13.7. The van der Waals surface area contributed by atoms with Crippen molar-refractivity contribution in [3.8, 4) is 5.75 Å². The van der Waals surface area contributed by atoms with Crippen LogP contribution in [-0.4, -0.2) is 25.0 Å². The van der Waals surface area contributed by atoms with Crippen LogP contribution in [0.3, 0.4) is 0 Å². The molecule has 2 aromatic carbocycles. The maximum atomic E-state index is 12.8. The highest BCUT2D eigenvalue weighted by molar-refractivity contribution is 6.30. The minimum absolute atomic E-state index is 0.0409. The predicted octanol–water partition coefficient (Wildman–Crippen LogP) is 4.57. The van der Waals surface area contributed by atoms with E-state index in [1.54, 1.807) is 31.3 Å². The Labute approximate surface area is 149 Å². The fourth-order valence-corrected chi connectivity index (χ4v) is 2.59. The van der Waals surface area contributed by atoms with Crippen LogP contribution in [0.15, 0.2) is 42.5 Å². The van der Waals surface area contributed by atoms with Crippen LogP contribution in [-0.2, 0) is 23.9 Å². The molecule has 0 aliphatic heterocycles. The molecule has 0 spiro atoms. The minimum Gasteiger partial charge on any atom is -0.496 e. The zero-order chi connectivity index (χ0) is 18.6. The molecule has 2 aromatic rings. The molecule has 0 saturated carbocycles. The van der Waals surface area contributed by atoms with Gasteiger partial charge >= 0.3 is 6.18 Å². The quantitative estimate of drug-likeness (QED) is 0.770. The van der Waals surface area contributed by atoms with E-state index in [2.05, 4.69) is 0 Å². The number of alkyl halides is 3. The number of nitrogens with zero attached hydrogens (tertiary/aromatic N) is 1. The number of likely N-dealkylation sites (N-methyl/N-ethyl adjacent to an activating group) is 1. The van der Waals surface area contributed by atoms with Gasteiger partial charge in [-0.15, -0.1) is 0 Å². The van der Waals surface area contributed by atoms with Crippen LogP contribution in [0.25, 0.3) is 0 Å². The van der Waals surface area contributed by atoms with E-state index in [1.165, 1.54) is 18.1 Å². The number of methoxy groups -OCH3 is 1. The Hall–Kier alpha value is -2.21. The number of carbonyl (C=O) groups excluding carboxylic acids is 1. The van der Waals surface area contributed by atoms with Crippen LogP contribution < -0.4 is 4.74 Å². The second-order valence-electron chi connectivity index (χ2n) is 5.58. The fraction of sp³-hybridized carbons (Fsp3) is 0.278. The highest BCUT2D eigenvalue weighted by Crippen LogP contribution is 2.30. The molecule has 0 bridgehead atoms. The highest BCUT2D eigenvalue weighted by atomic mass is 35.5. The van der Waals surface area contributed by atoms with Gasteiger partial charge in [-0.05, 0) is 35.9 Å². The van der Waals surface area contributed by atoms with Crippen molar-refractivity contribution >= 4 is 17.5 Å². The van der Waals surface area contributed by atoms with E-state index in [9.17, 15) is 18.0 Å². The summed E-state index contributed by atoms with van der Waals surface area (Å²) in [7, 11) is 3.03. The molecule has 0 aliphatic carbocycles. The number of benzene rings is 2. The van der Waals surface area contributed by atoms with Gasteiger partial charge in [0.05, 0.1) is 19.1 Å². The summed E-state index contributed by atoms with van der Waals surface area (Å²) in [6, 6.07) is 9.89. The Bertz CT molecular complexity index is 762. The number of hydrogen-bond donors (Lipinski definition) is 0. The summed E-state index contributed by atoms with van der Waals surface area (Å²) in [6.07, 6.45) is -4.37. The number of amides is 1. The SMILES string of the molecule is COc1ccc(Cl)cc1CC(=O)N(C)Cc1cccc(C(F)(F)F)c1. The third-order valence-corrected chi connectivity index (χ3v) is 3.92. The van der Waals surface area contributed by atoms with Crippen LogP contribution in [0.2, 0.25) is 5.02 Å². The second-order valence-corrected chi connectivity index (χ2v) is 6.02. The number of rotatable bonds is 5. The lowest BCUT2D eigenvalue weighted by Gasteiger charge is -2.19. The molecule has 0 atom stereocenters. The summed E-state index contributed by atoms with van der Waals surface area (Å²) in [6.45, 7) is 0.0750. The van der Waals surface area contributed by atoms with Crippen LogP contribution in [0.4, 0.5) is 13.2 Å². The molecule has 134 valence electrons. The monoisotopic (exact) mass is 371 g/mol. The average molecular weight is 372 g/mol. The van der Waals surface area contributed by atoms with Gasteiger partial charge in [0.2, 0.25) is 5.91 Å². The van der Waals surface area contributed by atoms with Crippen molar-refractivity contribution in [2.45, 2.75) is 19.1 Å². The van der Waals surface area contributed by atoms with Crippen molar-refractivity contribution in [1.29, 1.82) is 0 Å². The lowest BCUT2D eigenvalue weighted by Crippen LogP contribution is -2.28. The molecule has 1 amide bonds. The van der Waals surface area contributed by atoms with E-state index < -0.39 is 11.7 Å². The standard InChI is InChI=1S/C18H17ClF3NO2/c1-23(11-12-4-3-5-14(8-12)18(20,21)22)17(24)10-13-9-15(19)6-7-16(13)25-2/h3-9H,10-11H2,1-2H3. The number of carbonyl (C=O) groups is 1. The van der Waals surface area contributed by atoms with Gasteiger partial charge in [-0.2, -0.15) is 13.2 Å². The number of ether oxygens (including phenoxy) is 1. The largest absolute Gasteiger partial charge is 0.496 e. The summed E-state index contributed by atoms with van der Waals surface area (Å²) in [5.41, 5.74) is 0.294. The summed E-state index contributed by atoms with van der Waals surface area (Å²) in [5.74, 6) is 0.281. The normalized spacial score (nSPS) is 11.3. The van der Waals surface area contributed by atoms with E-state index in [0.717, 1.165) is 12.1 Å². The van der Waals surface area contributed by atoms with Crippen LogP contribution >= 0.6 is 11.6 Å². The Morgan fingerprint density at radius 3 is 2.56 bits per heavy atom. The Morgan fingerprint density at radius 1 is 1.20 bits per heavy atom. The predicted molar refractivity (Wildman–Crippen MR) is 89.6 cm³/mol. The smallest absolute Gasteiger partial charge is 0.416 e. The highest BCUT2D eigenvalue weighted by Gasteiger charge is 2.30. The molecule has 2 rings (SSSR count). The minimum atomic E-state index is -4.41. The fourth-order valence-electron chi connectivity index (χ4n) is 2.39. The molecule has 0 aromatic heterocycles. The van der Waals surface area contributed by atoms with Crippen molar-refractivity contribution in [2.75, 3.05) is 14.2 Å². The third-order valence-electron chi connectivity index (χ3n) is 3.68. The Kier molecular flexibility index (Phi) is 5.95. The molecule has 0 heterocycles. The van der Waals surface area contributed by atoms with E-state index in [0.29, 0.717) is 21.9 Å². The number of hydrogen-bond acceptors (Lipinski definition) is 2. The molecule has 25 heavy (non-hydrogen) atoms. The molecule has 0 aliphatic rings. The average Bonchev–Trinajstić information content (AvgIpc) is 2.54. The molecule has 0 unspecified atom stereocenters. The molecule has 0 saturated heterocycles. The first kappa shape index (κ1) is 19.1. The van der Waals surface area contributed by atoms with Gasteiger partial charge in [-0.1, -0.05) is 23.7 Å². The van der Waals surface area contributed by atoms with Gasteiger partial charge in [0.15, 0.2) is 0 Å². The van der Waals surface area contributed by atoms with Crippen molar-refractivity contribution in [3.05, 3.63) is 64.2 Å². The van der Waals surface area contributed by atoms with Crippen molar-refractivity contribution in [1.82, 2.24) is 4.90 Å². The first-order chi connectivity index (χ1) is 11.7. The summed E-state index contributed by atoms with van der Waals surface area (Å²) in [5, 5.41) is 0.476. The topological polar surface area (TPSA) is 29.5 Å². The first-order valence-corrected chi connectivity index (χ1v) is 7.81.